The van der Waals surface area contributed by atoms with Crippen LogP contribution in [0.15, 0.2) is 12.1 Å². The normalized spacial score (nSPS) is 9.40. The average Bonchev–Trinajstić information content (AvgIpc) is 1.92. The Kier molecular flexibility index (Phi) is 11.7. The van der Waals surface area contributed by atoms with Crippen molar-refractivity contribution in [3.05, 3.63) is 33.8 Å². The van der Waals surface area contributed by atoms with Crippen molar-refractivity contribution in [1.82, 2.24) is 0 Å². The molecule has 0 nitrogen and oxygen atoms in total. The van der Waals surface area contributed by atoms with Gasteiger partial charge in [-0.3, -0.25) is 0 Å². The molecule has 0 amide bonds. The van der Waals surface area contributed by atoms with Gasteiger partial charge < -0.3 is 24.8 Å². The van der Waals surface area contributed by atoms with E-state index in [0.717, 1.165) is 5.56 Å². The van der Waals surface area contributed by atoms with Gasteiger partial charge in [0, 0.05) is 0 Å². The van der Waals surface area contributed by atoms with Crippen LogP contribution in [0.4, 0.5) is 0 Å². The van der Waals surface area contributed by atoms with Crippen molar-refractivity contribution < 1.29 is 46.5 Å². The molecule has 15 heavy (non-hydrogen) atoms. The summed E-state index contributed by atoms with van der Waals surface area (Å²) in [6, 6.07) is 6.48. The maximum absolute atomic E-state index is 5.97. The predicted octanol–water partition coefficient (Wildman–Crippen LogP) is -1.90. The Morgan fingerprint density at radius 2 is 1.60 bits per heavy atom. The molecular weight excluding hydrogens is 310 g/mol. The molecule has 5 heteroatoms. The molecule has 1 rings (SSSR count). The van der Waals surface area contributed by atoms with Gasteiger partial charge in [-0.2, -0.15) is 23.7 Å². The smallest absolute Gasteiger partial charge is 1.00 e. The molecule has 0 unspecified atom stereocenters. The Morgan fingerprint density at radius 1 is 1.13 bits per heavy atom. The van der Waals surface area contributed by atoms with Gasteiger partial charge in [-0.1, -0.05) is 36.2 Å². The van der Waals surface area contributed by atoms with Gasteiger partial charge in [0.05, 0.1) is 0 Å². The third kappa shape index (κ3) is 6.41. The molecule has 0 atom stereocenters. The van der Waals surface area contributed by atoms with Crippen LogP contribution in [0.25, 0.3) is 0 Å². The zero-order valence-electron chi connectivity index (χ0n) is 8.67. The topological polar surface area (TPSA) is 0 Å². The fraction of sp³-hybridized carbons (Fsp3) is 0.400. The molecule has 83 valence electrons. The molecule has 0 saturated heterocycles. The summed E-state index contributed by atoms with van der Waals surface area (Å²) in [7, 11) is 0. The van der Waals surface area contributed by atoms with E-state index >= 15 is 0 Å². The molecule has 0 N–H and O–H groups in total. The predicted molar refractivity (Wildman–Crippen MR) is 54.0 cm³/mol. The molecule has 0 aliphatic rings. The molecule has 0 aliphatic carbocycles. The summed E-state index contributed by atoms with van der Waals surface area (Å²) < 4.78 is 0. The van der Waals surface area contributed by atoms with Gasteiger partial charge in [-0.15, -0.1) is 23.2 Å². The maximum Gasteiger partial charge on any atom is 3.00 e. The van der Waals surface area contributed by atoms with E-state index in [2.05, 4.69) is 26.8 Å². The minimum absolute atomic E-state index is 0. The van der Waals surface area contributed by atoms with E-state index in [-0.39, 0.29) is 51.9 Å². The van der Waals surface area contributed by atoms with E-state index in [4.69, 9.17) is 23.2 Å². The molecule has 0 aliphatic heterocycles. The van der Waals surface area contributed by atoms with Crippen molar-refractivity contribution in [2.45, 2.75) is 26.2 Å². The van der Waals surface area contributed by atoms with E-state index in [9.17, 15) is 0 Å². The van der Waals surface area contributed by atoms with Crippen LogP contribution in [0.3, 0.4) is 0 Å². The quantitative estimate of drug-likeness (QED) is 0.387. The van der Waals surface area contributed by atoms with Crippen molar-refractivity contribution in [2.24, 2.45) is 0 Å². The molecule has 0 saturated carbocycles. The van der Waals surface area contributed by atoms with Gasteiger partial charge in [0.1, 0.15) is 0 Å². The summed E-state index contributed by atoms with van der Waals surface area (Å²) in [6.45, 7) is 6.29. The second kappa shape index (κ2) is 8.22. The first-order chi connectivity index (χ1) is 5.41. The summed E-state index contributed by atoms with van der Waals surface area (Å²) in [6.07, 6.45) is 0. The SMILES string of the molecule is CC(C)(C)c1cc(Cl)c[c-]c1Cl.[Cl-].[Cl-].[Ti+3]. The van der Waals surface area contributed by atoms with Gasteiger partial charge in [0.15, 0.2) is 0 Å². The van der Waals surface area contributed by atoms with Crippen molar-refractivity contribution in [2.75, 3.05) is 0 Å². The third-order valence-electron chi connectivity index (χ3n) is 1.66. The molecule has 1 aromatic rings. The standard InChI is InChI=1S/C10H11Cl2.2ClH.Ti/c1-10(2,3)8-6-7(11)4-5-9(8)12;;;/h4,6H,1-3H3;2*1H;/q-1;;;+3/p-2. The van der Waals surface area contributed by atoms with Crippen molar-refractivity contribution in [3.8, 4) is 0 Å². The second-order valence-electron chi connectivity index (χ2n) is 3.80. The Morgan fingerprint density at radius 3 is 1.93 bits per heavy atom. The Bertz CT molecular complexity index is 294. The number of benzene rings is 1. The number of halogens is 4. The van der Waals surface area contributed by atoms with Crippen LogP contribution in [-0.2, 0) is 27.1 Å². The fourth-order valence-corrected chi connectivity index (χ4v) is 1.55. The molecule has 1 radical (unpaired) electrons. The zero-order valence-corrected chi connectivity index (χ0v) is 13.3. The fourth-order valence-electron chi connectivity index (χ4n) is 0.999. The van der Waals surface area contributed by atoms with Crippen LogP contribution >= 0.6 is 23.2 Å². The van der Waals surface area contributed by atoms with Gasteiger partial charge in [-0.05, 0) is 0 Å². The van der Waals surface area contributed by atoms with E-state index in [1.54, 1.807) is 6.07 Å². The summed E-state index contributed by atoms with van der Waals surface area (Å²) in [4.78, 5) is 0. The summed E-state index contributed by atoms with van der Waals surface area (Å²) >= 11 is 11.8. The third-order valence-corrected chi connectivity index (χ3v) is 2.19. The Balaban J connectivity index is -0.000000480. The van der Waals surface area contributed by atoms with Gasteiger partial charge in [-0.25, -0.2) is 0 Å². The van der Waals surface area contributed by atoms with Gasteiger partial charge in [0.25, 0.3) is 0 Å². The van der Waals surface area contributed by atoms with Crippen LogP contribution in [0, 0.1) is 6.07 Å². The molecule has 0 bridgehead atoms. The molecule has 1 aromatic carbocycles. The number of hydrogen-bond acceptors (Lipinski definition) is 0. The zero-order chi connectivity index (χ0) is 9.35. The molecule has 0 aromatic heterocycles. The first-order valence-electron chi connectivity index (χ1n) is 3.78. The van der Waals surface area contributed by atoms with E-state index in [1.807, 2.05) is 6.07 Å². The van der Waals surface area contributed by atoms with Gasteiger partial charge in [0.2, 0.25) is 0 Å². The van der Waals surface area contributed by atoms with Crippen LogP contribution < -0.4 is 24.8 Å². The number of hydrogen-bond donors (Lipinski definition) is 0. The van der Waals surface area contributed by atoms with Crippen molar-refractivity contribution in [1.29, 1.82) is 0 Å². The summed E-state index contributed by atoms with van der Waals surface area (Å²) in [5.41, 5.74) is 1.06. The monoisotopic (exact) mass is 319 g/mol. The Hall–Kier alpha value is 1.09. The second-order valence-corrected chi connectivity index (χ2v) is 4.61. The van der Waals surface area contributed by atoms with E-state index in [0.29, 0.717) is 10.0 Å². The van der Waals surface area contributed by atoms with E-state index < -0.39 is 0 Å². The van der Waals surface area contributed by atoms with Crippen LogP contribution in [0.5, 0.6) is 0 Å². The minimum atomic E-state index is 0. The van der Waals surface area contributed by atoms with Crippen LogP contribution in [0.2, 0.25) is 10.0 Å². The number of rotatable bonds is 0. The molecule has 0 spiro atoms. The van der Waals surface area contributed by atoms with Crippen molar-refractivity contribution >= 4 is 23.2 Å². The maximum atomic E-state index is 5.97. The minimum Gasteiger partial charge on any atom is -1.00 e. The summed E-state index contributed by atoms with van der Waals surface area (Å²) in [5.74, 6) is 0. The van der Waals surface area contributed by atoms with Crippen molar-refractivity contribution in [3.63, 3.8) is 0 Å². The molecule has 0 heterocycles. The molecular formula is C10H11Cl4Ti. The first kappa shape index (κ1) is 21.4. The first-order valence-corrected chi connectivity index (χ1v) is 4.54. The van der Waals surface area contributed by atoms with Gasteiger partial charge >= 0.3 is 21.7 Å². The van der Waals surface area contributed by atoms with Crippen LogP contribution in [0.1, 0.15) is 26.3 Å². The Labute approximate surface area is 129 Å². The summed E-state index contributed by atoms with van der Waals surface area (Å²) in [5, 5.41) is 1.34. The largest absolute Gasteiger partial charge is 3.00 e. The average molecular weight is 321 g/mol. The van der Waals surface area contributed by atoms with E-state index in [1.165, 1.54) is 0 Å². The molecule has 0 fully saturated rings. The van der Waals surface area contributed by atoms with Crippen LogP contribution in [-0.4, -0.2) is 0 Å².